The van der Waals surface area contributed by atoms with Crippen LogP contribution in [0, 0.1) is 5.41 Å². The highest BCUT2D eigenvalue weighted by molar-refractivity contribution is 7.91. The van der Waals surface area contributed by atoms with E-state index in [9.17, 15) is 23.2 Å². The number of hydrogen-bond donors (Lipinski definition) is 2. The van der Waals surface area contributed by atoms with E-state index in [-0.39, 0.29) is 29.4 Å². The van der Waals surface area contributed by atoms with Gasteiger partial charge in [0.05, 0.1) is 28.7 Å². The van der Waals surface area contributed by atoms with Gasteiger partial charge in [0.1, 0.15) is 12.4 Å². The van der Waals surface area contributed by atoms with Gasteiger partial charge in [0.25, 0.3) is 5.91 Å². The van der Waals surface area contributed by atoms with Gasteiger partial charge >= 0.3 is 6.09 Å². The molecule has 2 amide bonds. The van der Waals surface area contributed by atoms with Crippen molar-refractivity contribution in [2.75, 3.05) is 26.0 Å². The largest absolute Gasteiger partial charge is 0.489 e. The number of carbonyl (C=O) groups excluding carboxylic acids is 2. The van der Waals surface area contributed by atoms with Crippen LogP contribution in [0.15, 0.2) is 65.7 Å². The average molecular weight is 514 g/mol. The van der Waals surface area contributed by atoms with E-state index in [1.54, 1.807) is 18.3 Å². The smallest absolute Gasteiger partial charge is 0.441 e. The fourth-order valence-corrected chi connectivity index (χ4v) is 6.21. The van der Waals surface area contributed by atoms with Crippen LogP contribution >= 0.6 is 0 Å². The molecule has 0 aliphatic carbocycles. The predicted octanol–water partition coefficient (Wildman–Crippen LogP) is 2.94. The Morgan fingerprint density at radius 1 is 1.08 bits per heavy atom. The summed E-state index contributed by atoms with van der Waals surface area (Å²) in [5, 5.41) is 13.9. The first kappa shape index (κ1) is 25.5. The Bertz CT molecular complexity index is 1350. The maximum absolute atomic E-state index is 13.3. The van der Waals surface area contributed by atoms with Crippen molar-refractivity contribution < 1.29 is 32.7 Å². The third kappa shape index (κ3) is 5.32. The molecule has 1 saturated heterocycles. The summed E-state index contributed by atoms with van der Waals surface area (Å²) >= 11 is 0. The molecule has 190 valence electrons. The fraction of sp³-hybridized carbons (Fsp3) is 0.320. The molecule has 1 aliphatic heterocycles. The second kappa shape index (κ2) is 10.6. The number of benzene rings is 2. The van der Waals surface area contributed by atoms with Crippen molar-refractivity contribution in [1.29, 1.82) is 0 Å². The number of aromatic nitrogens is 1. The van der Waals surface area contributed by atoms with Crippen LogP contribution in [0.4, 0.5) is 4.79 Å². The number of rotatable bonds is 7. The molecular weight excluding hydrogens is 486 g/mol. The molecule has 1 aliphatic rings. The highest BCUT2D eigenvalue weighted by Gasteiger charge is 2.47. The predicted molar refractivity (Wildman–Crippen MR) is 130 cm³/mol. The molecule has 0 bridgehead atoms. The lowest BCUT2D eigenvalue weighted by Gasteiger charge is -2.36. The second-order valence-corrected chi connectivity index (χ2v) is 10.6. The van der Waals surface area contributed by atoms with Crippen LogP contribution in [0.1, 0.15) is 18.4 Å². The number of fused-ring (bicyclic) bond motifs is 1. The number of sulfone groups is 1. The molecule has 0 unspecified atom stereocenters. The van der Waals surface area contributed by atoms with E-state index in [1.165, 1.54) is 12.1 Å². The zero-order valence-electron chi connectivity index (χ0n) is 19.7. The second-order valence-electron chi connectivity index (χ2n) is 8.62. The quantitative estimate of drug-likeness (QED) is 0.361. The van der Waals surface area contributed by atoms with Crippen LogP contribution in [0.5, 0.6) is 5.75 Å². The highest BCUT2D eigenvalue weighted by atomic mass is 32.2. The SMILES string of the molecule is COC(=O)N(O)C(=O)C1(CS(=O)(=O)c2ccc(OCc3ccnc4ccccc34)cc2)CCNCC1. The first-order chi connectivity index (χ1) is 17.3. The number of piperidine rings is 1. The summed E-state index contributed by atoms with van der Waals surface area (Å²) in [6.45, 7) is 1.01. The van der Waals surface area contributed by atoms with Gasteiger partial charge in [0.2, 0.25) is 0 Å². The Hall–Kier alpha value is -3.54. The Morgan fingerprint density at radius 3 is 2.47 bits per heavy atom. The van der Waals surface area contributed by atoms with E-state index in [4.69, 9.17) is 4.74 Å². The molecule has 11 heteroatoms. The van der Waals surface area contributed by atoms with Gasteiger partial charge in [0, 0.05) is 17.1 Å². The maximum atomic E-state index is 13.3. The number of nitrogens with zero attached hydrogens (tertiary/aromatic N) is 2. The summed E-state index contributed by atoms with van der Waals surface area (Å²) < 4.78 is 36.8. The number of amides is 2. The zero-order chi connectivity index (χ0) is 25.8. The molecule has 2 aromatic carbocycles. The van der Waals surface area contributed by atoms with Crippen molar-refractivity contribution in [2.24, 2.45) is 5.41 Å². The number of methoxy groups -OCH3 is 1. The minimum atomic E-state index is -3.94. The number of hydrogen-bond acceptors (Lipinski definition) is 9. The standard InChI is InChI=1S/C25H27N3O7S/c1-34-24(30)28(31)23(29)25(11-14-26-15-12-25)17-36(32,33)20-8-6-19(7-9-20)35-16-18-10-13-27-22-5-3-2-4-21(18)22/h2-10,13,26,31H,11-12,14-17H2,1H3. The van der Waals surface area contributed by atoms with Crippen molar-refractivity contribution in [2.45, 2.75) is 24.3 Å². The summed E-state index contributed by atoms with van der Waals surface area (Å²) in [5.41, 5.74) is 0.336. The Kier molecular flexibility index (Phi) is 7.53. The molecule has 3 aromatic rings. The summed E-state index contributed by atoms with van der Waals surface area (Å²) in [7, 11) is -2.92. The van der Waals surface area contributed by atoms with Gasteiger partial charge in [-0.05, 0) is 62.3 Å². The van der Waals surface area contributed by atoms with Crippen molar-refractivity contribution in [3.8, 4) is 5.75 Å². The summed E-state index contributed by atoms with van der Waals surface area (Å²) in [6.07, 6.45) is 0.724. The van der Waals surface area contributed by atoms with Gasteiger partial charge in [-0.15, -0.1) is 5.06 Å². The van der Waals surface area contributed by atoms with Crippen LogP contribution in [0.3, 0.4) is 0 Å². The molecule has 36 heavy (non-hydrogen) atoms. The molecule has 4 rings (SSSR count). The number of imide groups is 1. The van der Waals surface area contributed by atoms with Crippen LogP contribution in [0.2, 0.25) is 0 Å². The monoisotopic (exact) mass is 513 g/mol. The average Bonchev–Trinajstić information content (AvgIpc) is 2.91. The van der Waals surface area contributed by atoms with Crippen molar-refractivity contribution in [1.82, 2.24) is 15.4 Å². The molecular formula is C25H27N3O7S. The van der Waals surface area contributed by atoms with Gasteiger partial charge in [-0.3, -0.25) is 15.0 Å². The molecule has 1 fully saturated rings. The van der Waals surface area contributed by atoms with Crippen LogP contribution < -0.4 is 10.1 Å². The summed E-state index contributed by atoms with van der Waals surface area (Å²) in [4.78, 5) is 29.0. The van der Waals surface area contributed by atoms with Crippen LogP contribution in [0.25, 0.3) is 10.9 Å². The van der Waals surface area contributed by atoms with Gasteiger partial charge in [0.15, 0.2) is 9.84 Å². The van der Waals surface area contributed by atoms with E-state index in [0.29, 0.717) is 18.8 Å². The molecule has 2 heterocycles. The van der Waals surface area contributed by atoms with Gasteiger partial charge < -0.3 is 14.8 Å². The number of nitrogens with one attached hydrogen (secondary N) is 1. The van der Waals surface area contributed by atoms with Crippen molar-refractivity contribution in [3.05, 3.63) is 66.4 Å². The Morgan fingerprint density at radius 2 is 1.78 bits per heavy atom. The number of para-hydroxylation sites is 1. The van der Waals surface area contributed by atoms with Crippen LogP contribution in [-0.2, 0) is 26.0 Å². The molecule has 10 nitrogen and oxygen atoms in total. The van der Waals surface area contributed by atoms with E-state index < -0.39 is 33.0 Å². The molecule has 1 aromatic heterocycles. The first-order valence-electron chi connectivity index (χ1n) is 11.4. The fourth-order valence-electron chi connectivity index (χ4n) is 4.35. The molecule has 0 radical (unpaired) electrons. The zero-order valence-corrected chi connectivity index (χ0v) is 20.5. The van der Waals surface area contributed by atoms with E-state index in [2.05, 4.69) is 15.0 Å². The van der Waals surface area contributed by atoms with Crippen molar-refractivity contribution >= 4 is 32.7 Å². The van der Waals surface area contributed by atoms with Gasteiger partial charge in [-0.25, -0.2) is 13.2 Å². The third-order valence-corrected chi connectivity index (χ3v) is 8.26. The van der Waals surface area contributed by atoms with Crippen LogP contribution in [-0.4, -0.2) is 61.6 Å². The van der Waals surface area contributed by atoms with Crippen molar-refractivity contribution in [3.63, 3.8) is 0 Å². The topological polar surface area (TPSA) is 135 Å². The number of pyridine rings is 1. The first-order valence-corrected chi connectivity index (χ1v) is 13.0. The third-order valence-electron chi connectivity index (χ3n) is 6.34. The minimum absolute atomic E-state index is 0.0116. The Labute approximate surface area is 208 Å². The number of hydroxylamine groups is 2. The molecule has 2 N–H and O–H groups in total. The normalized spacial score (nSPS) is 15.3. The molecule has 0 atom stereocenters. The Balaban J connectivity index is 1.50. The lowest BCUT2D eigenvalue weighted by atomic mass is 9.80. The van der Waals surface area contributed by atoms with E-state index in [1.807, 2.05) is 30.3 Å². The lowest BCUT2D eigenvalue weighted by molar-refractivity contribution is -0.168. The number of ether oxygens (including phenoxy) is 2. The van der Waals surface area contributed by atoms with Gasteiger partial charge in [-0.2, -0.15) is 0 Å². The molecule has 0 saturated carbocycles. The van der Waals surface area contributed by atoms with E-state index >= 15 is 0 Å². The summed E-state index contributed by atoms with van der Waals surface area (Å²) in [5.74, 6) is -1.07. The lowest BCUT2D eigenvalue weighted by Crippen LogP contribution is -2.53. The highest BCUT2D eigenvalue weighted by Crippen LogP contribution is 2.35. The summed E-state index contributed by atoms with van der Waals surface area (Å²) in [6, 6.07) is 15.5. The minimum Gasteiger partial charge on any atom is -0.489 e. The van der Waals surface area contributed by atoms with E-state index in [0.717, 1.165) is 23.6 Å². The molecule has 0 spiro atoms. The number of carbonyl (C=O) groups is 2. The van der Waals surface area contributed by atoms with Gasteiger partial charge in [-0.1, -0.05) is 18.2 Å². The maximum Gasteiger partial charge on any atom is 0.441 e.